The summed E-state index contributed by atoms with van der Waals surface area (Å²) in [5.41, 5.74) is 2.30. The summed E-state index contributed by atoms with van der Waals surface area (Å²) in [5.74, 6) is 0.0964. The van der Waals surface area contributed by atoms with Gasteiger partial charge >= 0.3 is 0 Å². The zero-order valence-corrected chi connectivity index (χ0v) is 17.5. The van der Waals surface area contributed by atoms with Crippen LogP contribution in [-0.2, 0) is 4.79 Å². The molecule has 2 amide bonds. The summed E-state index contributed by atoms with van der Waals surface area (Å²) in [6.45, 7) is 7.12. The lowest BCUT2D eigenvalue weighted by Crippen LogP contribution is -2.47. The van der Waals surface area contributed by atoms with Crippen LogP contribution in [0.4, 0.5) is 0 Å². The number of rotatable bonds is 4. The van der Waals surface area contributed by atoms with Gasteiger partial charge in [0.15, 0.2) is 0 Å². The highest BCUT2D eigenvalue weighted by atomic mass is 79.9. The van der Waals surface area contributed by atoms with Crippen LogP contribution in [0.15, 0.2) is 34.9 Å². The lowest BCUT2D eigenvalue weighted by atomic mass is 10.0. The standard InChI is InChI=1S/C20H25BrN4O2/c1-13(2)20(27)24-10-8-16(9-11-24)23-19(26)18-12-22-25(14(18)3)17-6-4-15(21)5-7-17/h4-7,12-13,16H,8-11H2,1-3H3,(H,23,26). The largest absolute Gasteiger partial charge is 0.349 e. The van der Waals surface area contributed by atoms with Crippen molar-refractivity contribution < 1.29 is 9.59 Å². The first kappa shape index (κ1) is 19.6. The van der Waals surface area contributed by atoms with Crippen molar-refractivity contribution in [2.45, 2.75) is 39.7 Å². The van der Waals surface area contributed by atoms with Crippen molar-refractivity contribution >= 4 is 27.7 Å². The van der Waals surface area contributed by atoms with E-state index in [0.717, 1.165) is 28.7 Å². The van der Waals surface area contributed by atoms with Crippen LogP contribution in [-0.4, -0.2) is 45.6 Å². The van der Waals surface area contributed by atoms with Crippen LogP contribution in [0.1, 0.15) is 42.7 Å². The van der Waals surface area contributed by atoms with Gasteiger partial charge in [0.05, 0.1) is 23.1 Å². The van der Waals surface area contributed by atoms with Gasteiger partial charge in [-0.3, -0.25) is 9.59 Å². The zero-order chi connectivity index (χ0) is 19.6. The third kappa shape index (κ3) is 4.40. The van der Waals surface area contributed by atoms with Gasteiger partial charge in [-0.25, -0.2) is 4.68 Å². The normalized spacial score (nSPS) is 15.2. The quantitative estimate of drug-likeness (QED) is 0.805. The van der Waals surface area contributed by atoms with Gasteiger partial charge in [0.2, 0.25) is 5.91 Å². The van der Waals surface area contributed by atoms with Gasteiger partial charge in [-0.15, -0.1) is 0 Å². The van der Waals surface area contributed by atoms with E-state index in [1.165, 1.54) is 0 Å². The SMILES string of the molecule is Cc1c(C(=O)NC2CCN(C(=O)C(C)C)CC2)cnn1-c1ccc(Br)cc1. The summed E-state index contributed by atoms with van der Waals surface area (Å²) in [6.07, 6.45) is 3.18. The van der Waals surface area contributed by atoms with Crippen LogP contribution in [0, 0.1) is 12.8 Å². The summed E-state index contributed by atoms with van der Waals surface area (Å²) in [5, 5.41) is 7.47. The number of amides is 2. The molecule has 0 radical (unpaired) electrons. The molecule has 2 heterocycles. The maximum absolute atomic E-state index is 12.7. The molecule has 1 saturated heterocycles. The van der Waals surface area contributed by atoms with Crippen molar-refractivity contribution in [1.82, 2.24) is 20.0 Å². The van der Waals surface area contributed by atoms with E-state index >= 15 is 0 Å². The average Bonchev–Trinajstić information content (AvgIpc) is 3.04. The fourth-order valence-corrected chi connectivity index (χ4v) is 3.61. The van der Waals surface area contributed by atoms with E-state index in [-0.39, 0.29) is 23.8 Å². The van der Waals surface area contributed by atoms with E-state index < -0.39 is 0 Å². The number of likely N-dealkylation sites (tertiary alicyclic amines) is 1. The molecule has 3 rings (SSSR count). The highest BCUT2D eigenvalue weighted by molar-refractivity contribution is 9.10. The predicted octanol–water partition coefficient (Wildman–Crippen LogP) is 3.32. The number of piperidine rings is 1. The molecule has 0 unspecified atom stereocenters. The Kier molecular flexibility index (Phi) is 5.99. The molecule has 0 aliphatic carbocycles. The molecule has 6 nitrogen and oxygen atoms in total. The fourth-order valence-electron chi connectivity index (χ4n) is 3.35. The maximum atomic E-state index is 12.7. The number of halogens is 1. The van der Waals surface area contributed by atoms with E-state index in [4.69, 9.17) is 0 Å². The number of carbonyl (C=O) groups excluding carboxylic acids is 2. The summed E-state index contributed by atoms with van der Waals surface area (Å²) in [6, 6.07) is 7.88. The highest BCUT2D eigenvalue weighted by Crippen LogP contribution is 2.18. The van der Waals surface area contributed by atoms with Crippen molar-refractivity contribution in [3.05, 3.63) is 46.2 Å². The molecule has 7 heteroatoms. The van der Waals surface area contributed by atoms with Gasteiger partial charge < -0.3 is 10.2 Å². The lowest BCUT2D eigenvalue weighted by Gasteiger charge is -2.33. The van der Waals surface area contributed by atoms with E-state index in [0.29, 0.717) is 18.7 Å². The van der Waals surface area contributed by atoms with Crippen LogP contribution in [0.5, 0.6) is 0 Å². The second-order valence-electron chi connectivity index (χ2n) is 7.26. The number of benzene rings is 1. The molecule has 27 heavy (non-hydrogen) atoms. The Balaban J connectivity index is 1.63. The van der Waals surface area contributed by atoms with Crippen LogP contribution in [0.2, 0.25) is 0 Å². The van der Waals surface area contributed by atoms with Crippen LogP contribution < -0.4 is 5.32 Å². The molecule has 1 aromatic heterocycles. The molecule has 1 aromatic carbocycles. The van der Waals surface area contributed by atoms with Gasteiger partial charge in [-0.2, -0.15) is 5.10 Å². The van der Waals surface area contributed by atoms with Crippen molar-refractivity contribution in [3.8, 4) is 5.69 Å². The Morgan fingerprint density at radius 1 is 1.19 bits per heavy atom. The van der Waals surface area contributed by atoms with Gasteiger partial charge in [0, 0.05) is 29.5 Å². The molecule has 1 N–H and O–H groups in total. The minimum Gasteiger partial charge on any atom is -0.349 e. The third-order valence-corrected chi connectivity index (χ3v) is 5.49. The minimum absolute atomic E-state index is 0.0169. The van der Waals surface area contributed by atoms with E-state index in [9.17, 15) is 9.59 Å². The monoisotopic (exact) mass is 432 g/mol. The number of nitrogens with zero attached hydrogens (tertiary/aromatic N) is 3. The molecular formula is C20H25BrN4O2. The molecule has 1 fully saturated rings. The highest BCUT2D eigenvalue weighted by Gasteiger charge is 2.26. The summed E-state index contributed by atoms with van der Waals surface area (Å²) in [7, 11) is 0. The molecule has 1 aliphatic rings. The van der Waals surface area contributed by atoms with Crippen LogP contribution in [0.3, 0.4) is 0 Å². The Labute approximate surface area is 168 Å². The Morgan fingerprint density at radius 3 is 2.41 bits per heavy atom. The van der Waals surface area contributed by atoms with Gasteiger partial charge in [0.1, 0.15) is 0 Å². The van der Waals surface area contributed by atoms with E-state index in [2.05, 4.69) is 26.3 Å². The lowest BCUT2D eigenvalue weighted by molar-refractivity contribution is -0.135. The first-order valence-corrected chi connectivity index (χ1v) is 10.1. The first-order valence-electron chi connectivity index (χ1n) is 9.27. The maximum Gasteiger partial charge on any atom is 0.254 e. The fraction of sp³-hybridized carbons (Fsp3) is 0.450. The molecule has 1 aliphatic heterocycles. The molecule has 0 spiro atoms. The molecular weight excluding hydrogens is 408 g/mol. The second kappa shape index (κ2) is 8.25. The molecule has 0 saturated carbocycles. The van der Waals surface area contributed by atoms with Crippen molar-refractivity contribution in [2.75, 3.05) is 13.1 Å². The smallest absolute Gasteiger partial charge is 0.254 e. The molecule has 2 aromatic rings. The topological polar surface area (TPSA) is 67.2 Å². The summed E-state index contributed by atoms with van der Waals surface area (Å²) < 4.78 is 2.77. The zero-order valence-electron chi connectivity index (χ0n) is 15.9. The number of nitrogens with one attached hydrogen (secondary N) is 1. The average molecular weight is 433 g/mol. The number of aromatic nitrogens is 2. The van der Waals surface area contributed by atoms with Gasteiger partial charge in [-0.05, 0) is 44.0 Å². The van der Waals surface area contributed by atoms with Crippen molar-refractivity contribution in [2.24, 2.45) is 5.92 Å². The summed E-state index contributed by atoms with van der Waals surface area (Å²) in [4.78, 5) is 26.7. The summed E-state index contributed by atoms with van der Waals surface area (Å²) >= 11 is 3.42. The number of carbonyl (C=O) groups is 2. The second-order valence-corrected chi connectivity index (χ2v) is 8.18. The minimum atomic E-state index is -0.107. The number of hydrogen-bond donors (Lipinski definition) is 1. The Morgan fingerprint density at radius 2 is 1.81 bits per heavy atom. The molecule has 0 bridgehead atoms. The predicted molar refractivity (Wildman–Crippen MR) is 108 cm³/mol. The Bertz CT molecular complexity index is 821. The number of hydrogen-bond acceptors (Lipinski definition) is 3. The van der Waals surface area contributed by atoms with Crippen LogP contribution >= 0.6 is 15.9 Å². The van der Waals surface area contributed by atoms with Crippen LogP contribution in [0.25, 0.3) is 5.69 Å². The van der Waals surface area contributed by atoms with E-state index in [1.807, 2.05) is 49.9 Å². The van der Waals surface area contributed by atoms with Gasteiger partial charge in [0.25, 0.3) is 5.91 Å². The first-order chi connectivity index (χ1) is 12.9. The Hall–Kier alpha value is -2.15. The van der Waals surface area contributed by atoms with E-state index in [1.54, 1.807) is 10.9 Å². The molecule has 144 valence electrons. The van der Waals surface area contributed by atoms with Gasteiger partial charge in [-0.1, -0.05) is 29.8 Å². The van der Waals surface area contributed by atoms with Crippen molar-refractivity contribution in [3.63, 3.8) is 0 Å². The third-order valence-electron chi connectivity index (χ3n) is 4.96. The van der Waals surface area contributed by atoms with Crippen molar-refractivity contribution in [1.29, 1.82) is 0 Å². The molecule has 0 atom stereocenters.